The number of hydrogen-bond acceptors (Lipinski definition) is 3. The predicted octanol–water partition coefficient (Wildman–Crippen LogP) is 3.21. The lowest BCUT2D eigenvalue weighted by Crippen LogP contribution is -2.36. The van der Waals surface area contributed by atoms with Crippen LogP contribution in [0.3, 0.4) is 0 Å². The molecule has 19 heavy (non-hydrogen) atoms. The summed E-state index contributed by atoms with van der Waals surface area (Å²) in [5, 5.41) is 13.2. The summed E-state index contributed by atoms with van der Waals surface area (Å²) in [7, 11) is 0. The van der Waals surface area contributed by atoms with Gasteiger partial charge in [0.2, 0.25) is 0 Å². The molecule has 0 radical (unpaired) electrons. The van der Waals surface area contributed by atoms with E-state index in [1.54, 1.807) is 0 Å². The van der Waals surface area contributed by atoms with Crippen LogP contribution in [0.1, 0.15) is 60.8 Å². The molecule has 3 atom stereocenters. The molecule has 0 fully saturated rings. The smallest absolute Gasteiger partial charge is 0.0897 e. The Hall–Kier alpha value is -0.120. The van der Waals surface area contributed by atoms with Gasteiger partial charge in [0.25, 0.3) is 0 Å². The van der Waals surface area contributed by atoms with Gasteiger partial charge >= 0.3 is 0 Å². The standard InChI is InChI=1S/C16H35NO2/c1-12(2)7-8-14(5)17-10-16(18)11-19-15(6)9-13(3)4/h12-18H,7-11H2,1-6H3. The summed E-state index contributed by atoms with van der Waals surface area (Å²) >= 11 is 0. The van der Waals surface area contributed by atoms with E-state index in [0.29, 0.717) is 25.1 Å². The highest BCUT2D eigenvalue weighted by molar-refractivity contribution is 4.66. The summed E-state index contributed by atoms with van der Waals surface area (Å²) in [6.45, 7) is 14.2. The van der Waals surface area contributed by atoms with Crippen molar-refractivity contribution >= 4 is 0 Å². The number of rotatable bonds is 11. The van der Waals surface area contributed by atoms with E-state index in [9.17, 15) is 5.11 Å². The first-order valence-corrected chi connectivity index (χ1v) is 7.84. The van der Waals surface area contributed by atoms with Crippen molar-refractivity contribution in [1.29, 1.82) is 0 Å². The summed E-state index contributed by atoms with van der Waals surface area (Å²) in [5.74, 6) is 1.38. The van der Waals surface area contributed by atoms with E-state index in [-0.39, 0.29) is 6.10 Å². The van der Waals surface area contributed by atoms with Gasteiger partial charge in [-0.25, -0.2) is 0 Å². The molecule has 3 unspecified atom stereocenters. The molecule has 0 spiro atoms. The average molecular weight is 273 g/mol. The Bertz CT molecular complexity index is 207. The van der Waals surface area contributed by atoms with Gasteiger partial charge < -0.3 is 15.2 Å². The van der Waals surface area contributed by atoms with Crippen LogP contribution in [0.15, 0.2) is 0 Å². The Morgan fingerprint density at radius 2 is 1.58 bits per heavy atom. The van der Waals surface area contributed by atoms with Gasteiger partial charge in [0.15, 0.2) is 0 Å². The first kappa shape index (κ1) is 18.9. The lowest BCUT2D eigenvalue weighted by Gasteiger charge is -2.20. The topological polar surface area (TPSA) is 41.5 Å². The minimum Gasteiger partial charge on any atom is -0.389 e. The largest absolute Gasteiger partial charge is 0.389 e. The number of nitrogens with one attached hydrogen (secondary N) is 1. The fourth-order valence-electron chi connectivity index (χ4n) is 2.09. The van der Waals surface area contributed by atoms with E-state index in [1.807, 2.05) is 0 Å². The molecule has 116 valence electrons. The molecule has 3 nitrogen and oxygen atoms in total. The second-order valence-corrected chi connectivity index (χ2v) is 6.71. The van der Waals surface area contributed by atoms with E-state index in [4.69, 9.17) is 4.74 Å². The van der Waals surface area contributed by atoms with Crippen LogP contribution in [0.2, 0.25) is 0 Å². The molecule has 2 N–H and O–H groups in total. The van der Waals surface area contributed by atoms with Crippen LogP contribution >= 0.6 is 0 Å². The van der Waals surface area contributed by atoms with Gasteiger partial charge in [-0.2, -0.15) is 0 Å². The second-order valence-electron chi connectivity index (χ2n) is 6.71. The predicted molar refractivity (Wildman–Crippen MR) is 82.4 cm³/mol. The first-order chi connectivity index (χ1) is 8.81. The van der Waals surface area contributed by atoms with Crippen molar-refractivity contribution < 1.29 is 9.84 Å². The normalized spacial score (nSPS) is 16.9. The van der Waals surface area contributed by atoms with Gasteiger partial charge in [0.1, 0.15) is 0 Å². The summed E-state index contributed by atoms with van der Waals surface area (Å²) < 4.78 is 5.66. The third-order valence-corrected chi connectivity index (χ3v) is 3.26. The monoisotopic (exact) mass is 273 g/mol. The molecular formula is C16H35NO2. The van der Waals surface area contributed by atoms with Gasteiger partial charge in [-0.1, -0.05) is 27.7 Å². The van der Waals surface area contributed by atoms with Gasteiger partial charge in [-0.3, -0.25) is 0 Å². The molecule has 0 amide bonds. The molecule has 0 aromatic carbocycles. The molecule has 0 bridgehead atoms. The van der Waals surface area contributed by atoms with E-state index in [1.165, 1.54) is 6.42 Å². The summed E-state index contributed by atoms with van der Waals surface area (Å²) in [4.78, 5) is 0. The molecule has 0 aliphatic heterocycles. The molecule has 0 heterocycles. The third-order valence-electron chi connectivity index (χ3n) is 3.26. The van der Waals surface area contributed by atoms with Crippen molar-refractivity contribution in [1.82, 2.24) is 5.32 Å². The van der Waals surface area contributed by atoms with Crippen LogP contribution in [-0.2, 0) is 4.74 Å². The SMILES string of the molecule is CC(C)CCC(C)NCC(O)COC(C)CC(C)C. The summed E-state index contributed by atoms with van der Waals surface area (Å²) in [6, 6.07) is 0.463. The highest BCUT2D eigenvalue weighted by atomic mass is 16.5. The lowest BCUT2D eigenvalue weighted by molar-refractivity contribution is -0.00921. The first-order valence-electron chi connectivity index (χ1n) is 7.84. The van der Waals surface area contributed by atoms with Crippen molar-refractivity contribution in [3.8, 4) is 0 Å². The van der Waals surface area contributed by atoms with Gasteiger partial charge in [0.05, 0.1) is 18.8 Å². The molecule has 0 rings (SSSR count). The van der Waals surface area contributed by atoms with Crippen LogP contribution in [0, 0.1) is 11.8 Å². The van der Waals surface area contributed by atoms with Crippen LogP contribution in [0.4, 0.5) is 0 Å². The van der Waals surface area contributed by atoms with Crippen molar-refractivity contribution in [3.63, 3.8) is 0 Å². The Morgan fingerprint density at radius 1 is 0.947 bits per heavy atom. The number of aliphatic hydroxyl groups is 1. The Kier molecular flexibility index (Phi) is 10.6. The van der Waals surface area contributed by atoms with E-state index < -0.39 is 6.10 Å². The zero-order valence-electron chi connectivity index (χ0n) is 13.8. The summed E-state index contributed by atoms with van der Waals surface area (Å²) in [5.41, 5.74) is 0. The fraction of sp³-hybridized carbons (Fsp3) is 1.00. The maximum atomic E-state index is 9.87. The highest BCUT2D eigenvalue weighted by Gasteiger charge is 2.11. The third kappa shape index (κ3) is 12.6. The molecule has 3 heteroatoms. The zero-order valence-corrected chi connectivity index (χ0v) is 13.8. The van der Waals surface area contributed by atoms with E-state index in [0.717, 1.165) is 18.8 Å². The summed E-state index contributed by atoms with van der Waals surface area (Å²) in [6.07, 6.45) is 3.26. The molecule has 0 saturated carbocycles. The fourth-order valence-corrected chi connectivity index (χ4v) is 2.09. The van der Waals surface area contributed by atoms with E-state index in [2.05, 4.69) is 46.9 Å². The molecular weight excluding hydrogens is 238 g/mol. The number of ether oxygens (including phenoxy) is 1. The molecule has 0 aromatic rings. The zero-order chi connectivity index (χ0) is 14.8. The average Bonchev–Trinajstić information content (AvgIpc) is 2.30. The Morgan fingerprint density at radius 3 is 2.11 bits per heavy atom. The second kappa shape index (κ2) is 10.6. The lowest BCUT2D eigenvalue weighted by atomic mass is 10.0. The van der Waals surface area contributed by atoms with Crippen molar-refractivity contribution in [2.75, 3.05) is 13.2 Å². The van der Waals surface area contributed by atoms with Crippen molar-refractivity contribution in [3.05, 3.63) is 0 Å². The van der Waals surface area contributed by atoms with Gasteiger partial charge in [-0.05, 0) is 44.9 Å². The maximum absolute atomic E-state index is 9.87. The van der Waals surface area contributed by atoms with Gasteiger partial charge in [0, 0.05) is 12.6 Å². The van der Waals surface area contributed by atoms with Gasteiger partial charge in [-0.15, -0.1) is 0 Å². The maximum Gasteiger partial charge on any atom is 0.0897 e. The van der Waals surface area contributed by atoms with Crippen molar-refractivity contribution in [2.45, 2.75) is 79.1 Å². The van der Waals surface area contributed by atoms with E-state index >= 15 is 0 Å². The van der Waals surface area contributed by atoms with Crippen LogP contribution in [0.25, 0.3) is 0 Å². The van der Waals surface area contributed by atoms with Crippen LogP contribution < -0.4 is 5.32 Å². The van der Waals surface area contributed by atoms with Crippen LogP contribution in [-0.4, -0.2) is 36.5 Å². The molecule has 0 aliphatic carbocycles. The minimum atomic E-state index is -0.406. The minimum absolute atomic E-state index is 0.230. The number of aliphatic hydroxyl groups excluding tert-OH is 1. The Balaban J connectivity index is 3.60. The van der Waals surface area contributed by atoms with Crippen LogP contribution in [0.5, 0.6) is 0 Å². The number of hydrogen-bond donors (Lipinski definition) is 2. The van der Waals surface area contributed by atoms with Crippen molar-refractivity contribution in [2.24, 2.45) is 11.8 Å². The molecule has 0 aliphatic rings. The molecule has 0 saturated heterocycles. The Labute approximate surface area is 120 Å². The quantitative estimate of drug-likeness (QED) is 0.607. The molecule has 0 aromatic heterocycles. The highest BCUT2D eigenvalue weighted by Crippen LogP contribution is 2.08.